The molecule has 0 radical (unpaired) electrons. The number of guanidine groups is 1. The number of aliphatic imine (C=N–C) groups is 1. The van der Waals surface area contributed by atoms with Crippen LogP contribution in [0.3, 0.4) is 0 Å². The largest absolute Gasteiger partial charge is 0.356 e. The molecule has 0 bridgehead atoms. The number of nitrogens with zero attached hydrogens (tertiary/aromatic N) is 1. The third-order valence-corrected chi connectivity index (χ3v) is 4.34. The SMILES string of the molecule is CN=C(NCCNC(=O)Cc1cccc(F)c1)NCCc1cccc(C(=O)NC)c1. The van der Waals surface area contributed by atoms with Crippen LogP contribution in [0.5, 0.6) is 0 Å². The van der Waals surface area contributed by atoms with Crippen LogP contribution in [0.15, 0.2) is 53.5 Å². The highest BCUT2D eigenvalue weighted by Crippen LogP contribution is 2.06. The van der Waals surface area contributed by atoms with Crippen molar-refractivity contribution in [3.63, 3.8) is 0 Å². The number of amides is 2. The van der Waals surface area contributed by atoms with Crippen LogP contribution in [0.4, 0.5) is 4.39 Å². The Morgan fingerprint density at radius 2 is 1.63 bits per heavy atom. The molecular formula is C22H28FN5O2. The van der Waals surface area contributed by atoms with Gasteiger partial charge in [0.25, 0.3) is 5.91 Å². The first-order chi connectivity index (χ1) is 14.5. The van der Waals surface area contributed by atoms with E-state index in [9.17, 15) is 14.0 Å². The number of carbonyl (C=O) groups is 2. The first-order valence-electron chi connectivity index (χ1n) is 9.78. The molecule has 0 spiro atoms. The van der Waals surface area contributed by atoms with E-state index < -0.39 is 0 Å². The van der Waals surface area contributed by atoms with Crippen molar-refractivity contribution in [2.24, 2.45) is 4.99 Å². The molecular weight excluding hydrogens is 385 g/mol. The molecule has 0 fully saturated rings. The third kappa shape index (κ3) is 7.90. The van der Waals surface area contributed by atoms with E-state index in [0.717, 1.165) is 12.0 Å². The lowest BCUT2D eigenvalue weighted by Gasteiger charge is -2.13. The summed E-state index contributed by atoms with van der Waals surface area (Å²) in [6.45, 7) is 1.56. The van der Waals surface area contributed by atoms with Crippen LogP contribution in [-0.4, -0.2) is 51.5 Å². The van der Waals surface area contributed by atoms with Gasteiger partial charge in [0, 0.05) is 39.3 Å². The standard InChI is InChI=1S/C22H28FN5O2/c1-24-21(30)18-7-3-5-16(13-18)9-10-27-22(25-2)28-12-11-26-20(29)15-17-6-4-8-19(23)14-17/h3-8,13-14H,9-12,15H2,1-2H3,(H,24,30)(H,26,29)(H2,25,27,28). The van der Waals surface area contributed by atoms with Crippen LogP contribution in [-0.2, 0) is 17.6 Å². The highest BCUT2D eigenvalue weighted by atomic mass is 19.1. The van der Waals surface area contributed by atoms with Crippen molar-refractivity contribution in [2.45, 2.75) is 12.8 Å². The Hall–Kier alpha value is -3.42. The number of benzene rings is 2. The molecule has 8 heteroatoms. The zero-order chi connectivity index (χ0) is 21.8. The fraction of sp³-hybridized carbons (Fsp3) is 0.318. The van der Waals surface area contributed by atoms with Crippen LogP contribution in [0, 0.1) is 5.82 Å². The molecule has 0 saturated carbocycles. The molecule has 0 unspecified atom stereocenters. The van der Waals surface area contributed by atoms with Crippen LogP contribution in [0.1, 0.15) is 21.5 Å². The molecule has 2 aromatic rings. The van der Waals surface area contributed by atoms with Gasteiger partial charge in [0.1, 0.15) is 5.82 Å². The summed E-state index contributed by atoms with van der Waals surface area (Å²) in [7, 11) is 3.28. The lowest BCUT2D eigenvalue weighted by molar-refractivity contribution is -0.120. The average Bonchev–Trinajstić information content (AvgIpc) is 2.75. The number of nitrogens with one attached hydrogen (secondary N) is 4. The molecule has 2 rings (SSSR count). The smallest absolute Gasteiger partial charge is 0.251 e. The van der Waals surface area contributed by atoms with Gasteiger partial charge < -0.3 is 21.3 Å². The molecule has 0 atom stereocenters. The minimum Gasteiger partial charge on any atom is -0.356 e. The third-order valence-electron chi connectivity index (χ3n) is 4.34. The fourth-order valence-corrected chi connectivity index (χ4v) is 2.84. The van der Waals surface area contributed by atoms with E-state index in [1.807, 2.05) is 18.2 Å². The monoisotopic (exact) mass is 413 g/mol. The number of rotatable bonds is 9. The van der Waals surface area contributed by atoms with Gasteiger partial charge in [-0.15, -0.1) is 0 Å². The lowest BCUT2D eigenvalue weighted by Crippen LogP contribution is -2.42. The maximum atomic E-state index is 13.2. The second-order valence-electron chi connectivity index (χ2n) is 6.61. The maximum Gasteiger partial charge on any atom is 0.251 e. The van der Waals surface area contributed by atoms with Gasteiger partial charge >= 0.3 is 0 Å². The predicted molar refractivity (Wildman–Crippen MR) is 116 cm³/mol. The predicted octanol–water partition coefficient (Wildman–Crippen LogP) is 1.25. The lowest BCUT2D eigenvalue weighted by atomic mass is 10.1. The first kappa shape index (κ1) is 22.9. The van der Waals surface area contributed by atoms with E-state index in [0.29, 0.717) is 36.7 Å². The summed E-state index contributed by atoms with van der Waals surface area (Å²) in [4.78, 5) is 27.8. The Labute approximate surface area is 176 Å². The van der Waals surface area contributed by atoms with E-state index in [1.54, 1.807) is 32.3 Å². The molecule has 30 heavy (non-hydrogen) atoms. The molecule has 0 saturated heterocycles. The summed E-state index contributed by atoms with van der Waals surface area (Å²) >= 11 is 0. The van der Waals surface area contributed by atoms with Crippen molar-refractivity contribution in [1.82, 2.24) is 21.3 Å². The molecule has 7 nitrogen and oxygen atoms in total. The summed E-state index contributed by atoms with van der Waals surface area (Å²) in [6.07, 6.45) is 0.871. The molecule has 2 amide bonds. The van der Waals surface area contributed by atoms with Crippen LogP contribution >= 0.6 is 0 Å². The van der Waals surface area contributed by atoms with Gasteiger partial charge in [0.15, 0.2) is 5.96 Å². The highest BCUT2D eigenvalue weighted by molar-refractivity contribution is 5.94. The molecule has 0 aliphatic heterocycles. The van der Waals surface area contributed by atoms with Gasteiger partial charge in [0.2, 0.25) is 5.91 Å². The zero-order valence-electron chi connectivity index (χ0n) is 17.3. The Kier molecular flexibility index (Phi) is 9.30. The first-order valence-corrected chi connectivity index (χ1v) is 9.78. The van der Waals surface area contributed by atoms with Gasteiger partial charge in [-0.25, -0.2) is 4.39 Å². The Bertz CT molecular complexity index is 885. The maximum absolute atomic E-state index is 13.2. The van der Waals surface area contributed by atoms with Gasteiger partial charge in [0.05, 0.1) is 6.42 Å². The molecule has 4 N–H and O–H groups in total. The van der Waals surface area contributed by atoms with E-state index in [2.05, 4.69) is 26.3 Å². The summed E-state index contributed by atoms with van der Waals surface area (Å²) in [5, 5.41) is 11.7. The minimum atomic E-state index is -0.350. The van der Waals surface area contributed by atoms with E-state index >= 15 is 0 Å². The number of halogens is 1. The van der Waals surface area contributed by atoms with Gasteiger partial charge in [-0.3, -0.25) is 14.6 Å². The second-order valence-corrected chi connectivity index (χ2v) is 6.61. The van der Waals surface area contributed by atoms with Crippen LogP contribution in [0.2, 0.25) is 0 Å². The van der Waals surface area contributed by atoms with Crippen molar-refractivity contribution in [3.05, 3.63) is 71.0 Å². The van der Waals surface area contributed by atoms with Crippen molar-refractivity contribution in [1.29, 1.82) is 0 Å². The quantitative estimate of drug-likeness (QED) is 0.283. The summed E-state index contributed by atoms with van der Waals surface area (Å²) in [5.41, 5.74) is 2.31. The molecule has 160 valence electrons. The highest BCUT2D eigenvalue weighted by Gasteiger charge is 2.05. The van der Waals surface area contributed by atoms with E-state index in [4.69, 9.17) is 0 Å². The molecule has 0 aliphatic rings. The summed E-state index contributed by atoms with van der Waals surface area (Å²) in [5.74, 6) is -0.00268. The van der Waals surface area contributed by atoms with E-state index in [-0.39, 0.29) is 24.1 Å². The summed E-state index contributed by atoms with van der Waals surface area (Å²) in [6, 6.07) is 13.5. The topological polar surface area (TPSA) is 94.6 Å². The minimum absolute atomic E-state index is 0.110. The molecule has 0 aliphatic carbocycles. The normalized spacial score (nSPS) is 11.0. The van der Waals surface area contributed by atoms with Crippen molar-refractivity contribution < 1.29 is 14.0 Å². The Morgan fingerprint density at radius 1 is 0.933 bits per heavy atom. The fourth-order valence-electron chi connectivity index (χ4n) is 2.84. The number of hydrogen-bond donors (Lipinski definition) is 4. The van der Waals surface area contributed by atoms with Crippen molar-refractivity contribution in [2.75, 3.05) is 33.7 Å². The van der Waals surface area contributed by atoms with Gasteiger partial charge in [-0.05, 0) is 41.8 Å². The molecule has 2 aromatic carbocycles. The Morgan fingerprint density at radius 3 is 2.37 bits per heavy atom. The molecule has 0 heterocycles. The van der Waals surface area contributed by atoms with Gasteiger partial charge in [-0.2, -0.15) is 0 Å². The number of hydrogen-bond acceptors (Lipinski definition) is 3. The summed E-state index contributed by atoms with van der Waals surface area (Å²) < 4.78 is 13.2. The van der Waals surface area contributed by atoms with Crippen LogP contribution < -0.4 is 21.3 Å². The number of carbonyl (C=O) groups excluding carboxylic acids is 2. The average molecular weight is 413 g/mol. The van der Waals surface area contributed by atoms with Crippen molar-refractivity contribution in [3.8, 4) is 0 Å². The molecule has 0 aromatic heterocycles. The van der Waals surface area contributed by atoms with Crippen molar-refractivity contribution >= 4 is 17.8 Å². The second kappa shape index (κ2) is 12.2. The van der Waals surface area contributed by atoms with E-state index in [1.165, 1.54) is 12.1 Å². The Balaban J connectivity index is 1.66. The van der Waals surface area contributed by atoms with Crippen LogP contribution in [0.25, 0.3) is 0 Å². The zero-order valence-corrected chi connectivity index (χ0v) is 17.3. The van der Waals surface area contributed by atoms with Gasteiger partial charge in [-0.1, -0.05) is 24.3 Å².